The molecule has 0 bridgehead atoms. The molecule has 15 heteroatoms. The van der Waals surface area contributed by atoms with Crippen LogP contribution in [-0.2, 0) is 49.7 Å². The summed E-state index contributed by atoms with van der Waals surface area (Å²) in [7, 11) is 0. The summed E-state index contributed by atoms with van der Waals surface area (Å²) in [6, 6.07) is 16.1. The Morgan fingerprint density at radius 1 is 0.620 bits per heavy atom. The van der Waals surface area contributed by atoms with Crippen LogP contribution in [0.15, 0.2) is 91.4 Å². The van der Waals surface area contributed by atoms with Crippen molar-refractivity contribution < 1.29 is 34.2 Å². The summed E-state index contributed by atoms with van der Waals surface area (Å²) in [6.45, 7) is -0.380. The van der Waals surface area contributed by atoms with Gasteiger partial charge in [-0.3, -0.25) is 24.0 Å². The number of imidazole rings is 1. The fourth-order valence-electron chi connectivity index (χ4n) is 5.12. The molecule has 4 aromatic rings. The molecular formula is C35H40N8O7. The molecule has 0 saturated heterocycles. The number of hydrogen-bond donors (Lipinski definition) is 9. The minimum Gasteiger partial charge on any atom is -0.508 e. The van der Waals surface area contributed by atoms with Crippen molar-refractivity contribution in [3.05, 3.63) is 114 Å². The van der Waals surface area contributed by atoms with Crippen LogP contribution in [0.5, 0.6) is 11.5 Å². The van der Waals surface area contributed by atoms with Crippen LogP contribution in [0.4, 0.5) is 0 Å². The summed E-state index contributed by atoms with van der Waals surface area (Å²) < 4.78 is 0. The minimum absolute atomic E-state index is 0.00137. The molecule has 0 saturated carbocycles. The first-order valence-corrected chi connectivity index (χ1v) is 15.8. The topological polar surface area (TPSA) is 255 Å². The first-order chi connectivity index (χ1) is 24.0. The average molecular weight is 685 g/mol. The Morgan fingerprint density at radius 3 is 1.50 bits per heavy atom. The van der Waals surface area contributed by atoms with E-state index >= 15 is 0 Å². The Kier molecular flexibility index (Phi) is 13.0. The highest BCUT2D eigenvalue weighted by Crippen LogP contribution is 2.14. The van der Waals surface area contributed by atoms with Gasteiger partial charge in [0.15, 0.2) is 0 Å². The molecule has 1 heterocycles. The van der Waals surface area contributed by atoms with Crippen molar-refractivity contribution in [1.82, 2.24) is 31.2 Å². The normalized spacial score (nSPS) is 13.2. The number of nitrogens with zero attached hydrogens (tertiary/aromatic N) is 1. The quantitative estimate of drug-likeness (QED) is 0.0692. The van der Waals surface area contributed by atoms with Gasteiger partial charge in [0.25, 0.3) is 0 Å². The molecule has 3 aromatic carbocycles. The van der Waals surface area contributed by atoms with Crippen molar-refractivity contribution in [1.29, 1.82) is 0 Å². The summed E-state index contributed by atoms with van der Waals surface area (Å²) >= 11 is 0. The van der Waals surface area contributed by atoms with Crippen molar-refractivity contribution in [3.8, 4) is 11.5 Å². The minimum atomic E-state index is -1.28. The molecule has 0 fully saturated rings. The lowest BCUT2D eigenvalue weighted by molar-refractivity contribution is -0.134. The molecule has 0 radical (unpaired) electrons. The summed E-state index contributed by atoms with van der Waals surface area (Å²) in [5, 5.41) is 30.2. The van der Waals surface area contributed by atoms with Gasteiger partial charge in [0.05, 0.1) is 12.9 Å². The molecule has 0 aliphatic heterocycles. The van der Waals surface area contributed by atoms with Crippen LogP contribution in [0.1, 0.15) is 22.4 Å². The molecule has 0 spiro atoms. The maximum Gasteiger partial charge on any atom is 0.243 e. The highest BCUT2D eigenvalue weighted by atomic mass is 16.3. The standard InChI is InChI=1S/C35H40N8O7/c36-18-31(46)40-30(17-24-19-38-20-39-24)35(50)43-29(16-23-8-12-26(45)13-9-23)34(49)42-28(15-22-6-10-25(44)11-7-22)33(48)41-27(32(37)47)14-21-4-2-1-3-5-21/h1-13,19-20,27-30,44-45H,14-18,36H2,(H2,37,47)(H,38,39)(H,40,46)(H,41,48)(H,42,49)(H,43,50). The molecule has 262 valence electrons. The number of benzene rings is 3. The third-order valence-electron chi connectivity index (χ3n) is 7.78. The maximum atomic E-state index is 14.0. The number of nitrogens with one attached hydrogen (secondary N) is 5. The van der Waals surface area contributed by atoms with Crippen LogP contribution in [0, 0.1) is 0 Å². The van der Waals surface area contributed by atoms with Gasteiger partial charge in [0.2, 0.25) is 29.5 Å². The molecule has 4 atom stereocenters. The third kappa shape index (κ3) is 11.2. The molecule has 4 rings (SSSR count). The van der Waals surface area contributed by atoms with Crippen molar-refractivity contribution in [3.63, 3.8) is 0 Å². The lowest BCUT2D eigenvalue weighted by Crippen LogP contribution is -2.59. The van der Waals surface area contributed by atoms with Gasteiger partial charge in [-0.15, -0.1) is 0 Å². The van der Waals surface area contributed by atoms with Gasteiger partial charge in [-0.25, -0.2) is 4.98 Å². The first-order valence-electron chi connectivity index (χ1n) is 15.8. The van der Waals surface area contributed by atoms with Gasteiger partial charge in [0, 0.05) is 37.6 Å². The number of primary amides is 1. The highest BCUT2D eigenvalue weighted by Gasteiger charge is 2.32. The van der Waals surface area contributed by atoms with Gasteiger partial charge in [-0.2, -0.15) is 0 Å². The largest absolute Gasteiger partial charge is 0.508 e. The fourth-order valence-corrected chi connectivity index (χ4v) is 5.12. The Balaban J connectivity index is 1.61. The summed E-state index contributed by atoms with van der Waals surface area (Å²) in [5.41, 5.74) is 13.5. The monoisotopic (exact) mass is 684 g/mol. The van der Waals surface area contributed by atoms with E-state index in [0.717, 1.165) is 5.56 Å². The number of amides is 5. The number of aromatic hydroxyl groups is 2. The van der Waals surface area contributed by atoms with Crippen molar-refractivity contribution in [2.24, 2.45) is 11.5 Å². The maximum absolute atomic E-state index is 14.0. The van der Waals surface area contributed by atoms with Crippen LogP contribution in [-0.4, -0.2) is 80.4 Å². The summed E-state index contributed by atoms with van der Waals surface area (Å²) in [5.74, 6) is -3.57. The second-order valence-corrected chi connectivity index (χ2v) is 11.6. The third-order valence-corrected chi connectivity index (χ3v) is 7.78. The van der Waals surface area contributed by atoms with E-state index in [1.54, 1.807) is 48.5 Å². The lowest BCUT2D eigenvalue weighted by Gasteiger charge is -2.26. The van der Waals surface area contributed by atoms with E-state index in [9.17, 15) is 34.2 Å². The van der Waals surface area contributed by atoms with E-state index in [4.69, 9.17) is 11.5 Å². The number of hydrogen-bond acceptors (Lipinski definition) is 9. The average Bonchev–Trinajstić information content (AvgIpc) is 3.62. The number of aromatic amines is 1. The van der Waals surface area contributed by atoms with Gasteiger partial charge < -0.3 is 47.9 Å². The predicted molar refractivity (Wildman–Crippen MR) is 182 cm³/mol. The summed E-state index contributed by atoms with van der Waals surface area (Å²) in [4.78, 5) is 72.9. The van der Waals surface area contributed by atoms with E-state index in [0.29, 0.717) is 16.8 Å². The van der Waals surface area contributed by atoms with E-state index in [-0.39, 0.29) is 43.7 Å². The van der Waals surface area contributed by atoms with E-state index in [2.05, 4.69) is 31.2 Å². The Labute approximate surface area is 287 Å². The van der Waals surface area contributed by atoms with Crippen LogP contribution in [0.2, 0.25) is 0 Å². The smallest absolute Gasteiger partial charge is 0.243 e. The highest BCUT2D eigenvalue weighted by molar-refractivity contribution is 5.96. The predicted octanol–water partition coefficient (Wildman–Crippen LogP) is -0.525. The van der Waals surface area contributed by atoms with E-state index < -0.39 is 53.7 Å². The van der Waals surface area contributed by atoms with Gasteiger partial charge in [0.1, 0.15) is 35.7 Å². The Hall–Kier alpha value is -6.22. The molecular weight excluding hydrogens is 644 g/mol. The SMILES string of the molecule is NCC(=O)NC(Cc1cnc[nH]1)C(=O)NC(Cc1ccc(O)cc1)C(=O)NC(Cc1ccc(O)cc1)C(=O)NC(Cc1ccccc1)C(N)=O. The number of aromatic nitrogens is 2. The fraction of sp³-hybridized carbons (Fsp3) is 0.257. The Morgan fingerprint density at radius 2 is 1.06 bits per heavy atom. The second kappa shape index (κ2) is 17.8. The number of carbonyl (C=O) groups is 5. The van der Waals surface area contributed by atoms with Crippen LogP contribution in [0.25, 0.3) is 0 Å². The van der Waals surface area contributed by atoms with Crippen LogP contribution in [0.3, 0.4) is 0 Å². The second-order valence-electron chi connectivity index (χ2n) is 11.6. The molecule has 50 heavy (non-hydrogen) atoms. The molecule has 0 aliphatic rings. The number of rotatable bonds is 17. The molecule has 4 unspecified atom stereocenters. The number of H-pyrrole nitrogens is 1. The van der Waals surface area contributed by atoms with E-state index in [1.807, 2.05) is 6.07 Å². The van der Waals surface area contributed by atoms with Gasteiger partial charge in [-0.1, -0.05) is 54.6 Å². The van der Waals surface area contributed by atoms with Crippen molar-refractivity contribution >= 4 is 29.5 Å². The van der Waals surface area contributed by atoms with Crippen LogP contribution < -0.4 is 32.7 Å². The number of nitrogens with two attached hydrogens (primary N) is 2. The number of phenolic OH excluding ortho intramolecular Hbond substituents is 2. The zero-order chi connectivity index (χ0) is 36.0. The number of carbonyl (C=O) groups excluding carboxylic acids is 5. The molecule has 5 amide bonds. The van der Waals surface area contributed by atoms with Gasteiger partial charge in [-0.05, 0) is 41.0 Å². The first kappa shape index (κ1) is 36.6. The Bertz CT molecular complexity index is 1730. The van der Waals surface area contributed by atoms with Crippen LogP contribution >= 0.6 is 0 Å². The molecule has 15 nitrogen and oxygen atoms in total. The van der Waals surface area contributed by atoms with Gasteiger partial charge >= 0.3 is 0 Å². The zero-order valence-corrected chi connectivity index (χ0v) is 27.0. The van der Waals surface area contributed by atoms with Crippen molar-refractivity contribution in [2.45, 2.75) is 49.9 Å². The summed E-state index contributed by atoms with van der Waals surface area (Å²) in [6.07, 6.45) is 2.90. The lowest BCUT2D eigenvalue weighted by atomic mass is 10.0. The molecule has 11 N–H and O–H groups in total. The van der Waals surface area contributed by atoms with Crippen molar-refractivity contribution in [2.75, 3.05) is 6.54 Å². The number of phenols is 2. The molecule has 1 aromatic heterocycles. The zero-order valence-electron chi connectivity index (χ0n) is 27.0. The van der Waals surface area contributed by atoms with E-state index in [1.165, 1.54) is 36.8 Å². The molecule has 0 aliphatic carbocycles.